The number of ketones is 1. The number of fused-ring (bicyclic) bond motifs is 1. The van der Waals surface area contributed by atoms with E-state index in [1.165, 1.54) is 6.07 Å². The molecule has 0 saturated heterocycles. The molecule has 3 rings (SSSR count). The van der Waals surface area contributed by atoms with E-state index in [9.17, 15) is 40.9 Å². The van der Waals surface area contributed by atoms with E-state index in [1.54, 1.807) is 0 Å². The second-order valence-electron chi connectivity index (χ2n) is 6.00. The van der Waals surface area contributed by atoms with Gasteiger partial charge in [0, 0.05) is 11.4 Å². The number of hydrogen-bond donors (Lipinski definition) is 2. The summed E-state index contributed by atoms with van der Waals surface area (Å²) in [6.07, 6.45) is -0.820. The van der Waals surface area contributed by atoms with Crippen LogP contribution in [0.25, 0.3) is 0 Å². The standard InChI is InChI=1S/C16H11ClN2O9S2.2Na/c17-8-1-2-11(20)10(5-8)18-19-15-13(30(26,27)28)4-7-3-9(29(23,24)25)6-12(21)14(7)16(15)22;;/h1-3,5-6,20-21H,4H2,(H,23,24,25)(H,26,27,28);;/q;2*+1/p-2. The molecule has 2 aromatic rings. The number of Topliss-reactive ketones (excluding diaryl/α,β-unsaturated/α-hetero) is 1. The summed E-state index contributed by atoms with van der Waals surface area (Å²) in [5.41, 5.74) is -2.09. The normalized spacial score (nSPS) is 14.0. The fourth-order valence-electron chi connectivity index (χ4n) is 2.69. The number of rotatable bonds is 4. The van der Waals surface area contributed by atoms with Gasteiger partial charge in [-0.2, -0.15) is 0 Å². The first-order valence-electron chi connectivity index (χ1n) is 7.75. The van der Waals surface area contributed by atoms with Gasteiger partial charge in [0.05, 0.1) is 15.4 Å². The fraction of sp³-hybridized carbons (Fsp3) is 0.0625. The summed E-state index contributed by atoms with van der Waals surface area (Å²) in [7, 11) is -10.3. The van der Waals surface area contributed by atoms with Crippen LogP contribution >= 0.6 is 11.6 Å². The molecule has 0 atom stereocenters. The van der Waals surface area contributed by atoms with Crippen LogP contribution in [0.4, 0.5) is 5.69 Å². The van der Waals surface area contributed by atoms with Gasteiger partial charge in [0.25, 0.3) is 0 Å². The second kappa shape index (κ2) is 10.6. The largest absolute Gasteiger partial charge is 1.00 e. The summed E-state index contributed by atoms with van der Waals surface area (Å²) in [5.74, 6) is -2.58. The number of nitrogens with zero attached hydrogens (tertiary/aromatic N) is 2. The molecule has 16 heteroatoms. The monoisotopic (exact) mass is 518 g/mol. The number of phenols is 2. The minimum Gasteiger partial charge on any atom is -0.744 e. The average Bonchev–Trinajstić information content (AvgIpc) is 2.61. The molecule has 0 aromatic heterocycles. The molecule has 0 bridgehead atoms. The average molecular weight is 519 g/mol. The molecule has 32 heavy (non-hydrogen) atoms. The van der Waals surface area contributed by atoms with Crippen molar-refractivity contribution in [3.05, 3.63) is 57.1 Å². The quantitative estimate of drug-likeness (QED) is 0.230. The molecule has 0 spiro atoms. The predicted octanol–water partition coefficient (Wildman–Crippen LogP) is -4.06. The minimum atomic E-state index is -5.28. The van der Waals surface area contributed by atoms with Gasteiger partial charge in [0.1, 0.15) is 43.1 Å². The van der Waals surface area contributed by atoms with Crippen LogP contribution < -0.4 is 59.1 Å². The third kappa shape index (κ3) is 6.18. The number of carbonyl (C=O) groups is 1. The molecule has 1 aliphatic rings. The van der Waals surface area contributed by atoms with Gasteiger partial charge in [-0.15, -0.1) is 10.2 Å². The molecular weight excluding hydrogens is 510 g/mol. The SMILES string of the molecule is O=C1C(N=Nc2cc(Cl)ccc2O)=C(S(=O)(=O)[O-])Cc2cc(S(=O)(=O)[O-])cc(O)c21.[Na+].[Na+]. The van der Waals surface area contributed by atoms with Crippen molar-refractivity contribution in [2.75, 3.05) is 0 Å². The first-order valence-corrected chi connectivity index (χ1v) is 10.9. The van der Waals surface area contributed by atoms with Crippen molar-refractivity contribution in [2.45, 2.75) is 11.3 Å². The van der Waals surface area contributed by atoms with E-state index in [-0.39, 0.29) is 75.4 Å². The minimum absolute atomic E-state index is 0. The molecule has 2 N–H and O–H groups in total. The number of allylic oxidation sites excluding steroid dienone is 2. The second-order valence-corrected chi connectivity index (χ2v) is 9.21. The van der Waals surface area contributed by atoms with Crippen molar-refractivity contribution in [1.82, 2.24) is 0 Å². The summed E-state index contributed by atoms with van der Waals surface area (Å²) in [4.78, 5) is 10.8. The third-order valence-corrected chi connectivity index (χ3v) is 6.01. The molecular formula is C16H9ClN2Na2O9S2. The van der Waals surface area contributed by atoms with Crippen molar-refractivity contribution in [3.63, 3.8) is 0 Å². The van der Waals surface area contributed by atoms with E-state index in [0.29, 0.717) is 12.1 Å². The Bertz CT molecular complexity index is 1370. The zero-order valence-electron chi connectivity index (χ0n) is 16.4. The molecule has 0 heterocycles. The number of carbonyl (C=O) groups excluding carboxylic acids is 1. The molecule has 0 aliphatic heterocycles. The fourth-order valence-corrected chi connectivity index (χ4v) is 4.10. The Morgan fingerprint density at radius 3 is 2.09 bits per heavy atom. The summed E-state index contributed by atoms with van der Waals surface area (Å²) in [5, 5.41) is 26.9. The van der Waals surface area contributed by atoms with E-state index in [1.807, 2.05) is 0 Å². The first kappa shape index (κ1) is 29.2. The van der Waals surface area contributed by atoms with Gasteiger partial charge in [-0.3, -0.25) is 4.79 Å². The number of azo groups is 1. The van der Waals surface area contributed by atoms with Crippen LogP contribution in [0, 0.1) is 0 Å². The molecule has 0 unspecified atom stereocenters. The van der Waals surface area contributed by atoms with Gasteiger partial charge < -0.3 is 19.3 Å². The van der Waals surface area contributed by atoms with E-state index in [2.05, 4.69) is 10.2 Å². The Hall–Kier alpha value is -0.840. The molecule has 2 aromatic carbocycles. The first-order chi connectivity index (χ1) is 13.8. The van der Waals surface area contributed by atoms with Gasteiger partial charge in [0.2, 0.25) is 5.78 Å². The van der Waals surface area contributed by atoms with Gasteiger partial charge >= 0.3 is 59.1 Å². The summed E-state index contributed by atoms with van der Waals surface area (Å²) >= 11 is 5.76. The number of benzene rings is 2. The van der Waals surface area contributed by atoms with Gasteiger partial charge in [-0.1, -0.05) is 11.6 Å². The van der Waals surface area contributed by atoms with E-state index >= 15 is 0 Å². The third-order valence-electron chi connectivity index (χ3n) is 4.02. The molecule has 11 nitrogen and oxygen atoms in total. The zero-order valence-corrected chi connectivity index (χ0v) is 22.8. The zero-order chi connectivity index (χ0) is 22.4. The Morgan fingerprint density at radius 1 is 0.906 bits per heavy atom. The summed E-state index contributed by atoms with van der Waals surface area (Å²) < 4.78 is 68.6. The van der Waals surface area contributed by atoms with Crippen molar-refractivity contribution in [2.24, 2.45) is 10.2 Å². The van der Waals surface area contributed by atoms with Crippen molar-refractivity contribution < 1.29 is 100 Å². The van der Waals surface area contributed by atoms with Crippen molar-refractivity contribution in [3.8, 4) is 11.5 Å². The van der Waals surface area contributed by atoms with E-state index in [4.69, 9.17) is 11.6 Å². The molecule has 158 valence electrons. The van der Waals surface area contributed by atoms with Crippen LogP contribution in [0.15, 0.2) is 56.1 Å². The van der Waals surface area contributed by atoms with Crippen molar-refractivity contribution >= 4 is 43.3 Å². The van der Waals surface area contributed by atoms with Gasteiger partial charge in [-0.05, 0) is 35.9 Å². The summed E-state index contributed by atoms with van der Waals surface area (Å²) in [6, 6.07) is 4.84. The number of phenolic OH excluding ortho intramolecular Hbond substituents is 2. The predicted molar refractivity (Wildman–Crippen MR) is 98.5 cm³/mol. The Labute approximate surface area is 231 Å². The Balaban J connectivity index is 0.00000256. The van der Waals surface area contributed by atoms with Crippen LogP contribution in [0.1, 0.15) is 15.9 Å². The molecule has 1 aliphatic carbocycles. The molecule has 0 fully saturated rings. The maximum atomic E-state index is 12.7. The number of halogens is 1. The molecule has 0 amide bonds. The van der Waals surface area contributed by atoms with E-state index < -0.39 is 65.0 Å². The van der Waals surface area contributed by atoms with Crippen LogP contribution in [0.2, 0.25) is 5.02 Å². The van der Waals surface area contributed by atoms with Crippen LogP contribution in [0.3, 0.4) is 0 Å². The maximum Gasteiger partial charge on any atom is 1.00 e. The van der Waals surface area contributed by atoms with E-state index in [0.717, 1.165) is 12.1 Å². The van der Waals surface area contributed by atoms with Crippen molar-refractivity contribution in [1.29, 1.82) is 0 Å². The number of aromatic hydroxyl groups is 2. The Morgan fingerprint density at radius 2 is 1.53 bits per heavy atom. The van der Waals surface area contributed by atoms with Crippen LogP contribution in [-0.2, 0) is 26.7 Å². The number of hydrogen-bond acceptors (Lipinski definition) is 11. The summed E-state index contributed by atoms with van der Waals surface area (Å²) in [6.45, 7) is 0. The van der Waals surface area contributed by atoms with Crippen LogP contribution in [-0.4, -0.2) is 41.9 Å². The molecule has 0 radical (unpaired) electrons. The maximum absolute atomic E-state index is 12.7. The van der Waals surface area contributed by atoms with Gasteiger partial charge in [-0.25, -0.2) is 16.8 Å². The van der Waals surface area contributed by atoms with Crippen LogP contribution in [0.5, 0.6) is 11.5 Å². The van der Waals surface area contributed by atoms with Gasteiger partial charge in [0.15, 0.2) is 0 Å². The smallest absolute Gasteiger partial charge is 0.744 e. The molecule has 0 saturated carbocycles. The topological polar surface area (TPSA) is 197 Å². The Kier molecular flexibility index (Phi) is 9.68.